The lowest BCUT2D eigenvalue weighted by molar-refractivity contribution is -0.132. The molecule has 3 heteroatoms. The molecule has 16 heavy (non-hydrogen) atoms. The lowest BCUT2D eigenvalue weighted by Gasteiger charge is -2.13. The summed E-state index contributed by atoms with van der Waals surface area (Å²) in [5, 5.41) is 8.78. The molecular weight excluding hydrogens is 204 g/mol. The Morgan fingerprint density at radius 2 is 2.06 bits per heavy atom. The van der Waals surface area contributed by atoms with Gasteiger partial charge >= 0.3 is 5.97 Å². The summed E-state index contributed by atoms with van der Waals surface area (Å²) in [6.07, 6.45) is 0.373. The van der Waals surface area contributed by atoms with Crippen LogP contribution in [0, 0.1) is 0 Å². The van der Waals surface area contributed by atoms with Gasteiger partial charge in [-0.25, -0.2) is 4.79 Å². The van der Waals surface area contributed by atoms with Gasteiger partial charge in [-0.2, -0.15) is 0 Å². The fourth-order valence-corrected chi connectivity index (χ4v) is 1.32. The fourth-order valence-electron chi connectivity index (χ4n) is 1.32. The standard InChI is InChI=1S/C13H16O3/c1-9(2)16-12-7-5-4-6-11(12)8-10(3)13(14)15/h4-7,9H,3,8H2,1-2H3,(H,14,15). The molecule has 0 saturated heterocycles. The van der Waals surface area contributed by atoms with Gasteiger partial charge in [-0.05, 0) is 25.5 Å². The van der Waals surface area contributed by atoms with E-state index in [2.05, 4.69) is 6.58 Å². The van der Waals surface area contributed by atoms with Crippen LogP contribution in [0.2, 0.25) is 0 Å². The lowest BCUT2D eigenvalue weighted by Crippen LogP contribution is -2.09. The van der Waals surface area contributed by atoms with Gasteiger partial charge in [-0.1, -0.05) is 24.8 Å². The molecule has 1 aromatic rings. The maximum absolute atomic E-state index is 10.7. The highest BCUT2D eigenvalue weighted by atomic mass is 16.5. The molecule has 0 unspecified atom stereocenters. The Kier molecular flexibility index (Phi) is 4.11. The van der Waals surface area contributed by atoms with Crippen LogP contribution in [0.25, 0.3) is 0 Å². The largest absolute Gasteiger partial charge is 0.491 e. The van der Waals surface area contributed by atoms with Crippen molar-refractivity contribution in [3.63, 3.8) is 0 Å². The molecule has 0 amide bonds. The summed E-state index contributed by atoms with van der Waals surface area (Å²) < 4.78 is 5.59. The van der Waals surface area contributed by atoms with E-state index in [4.69, 9.17) is 9.84 Å². The summed E-state index contributed by atoms with van der Waals surface area (Å²) in [5.74, 6) is -0.251. The van der Waals surface area contributed by atoms with Gasteiger partial charge in [0.2, 0.25) is 0 Å². The van der Waals surface area contributed by atoms with Gasteiger partial charge in [0.05, 0.1) is 6.10 Å². The molecule has 0 fully saturated rings. The zero-order valence-corrected chi connectivity index (χ0v) is 9.56. The summed E-state index contributed by atoms with van der Waals surface area (Å²) in [6, 6.07) is 7.42. The van der Waals surface area contributed by atoms with Crippen LogP contribution in [0.5, 0.6) is 5.75 Å². The van der Waals surface area contributed by atoms with E-state index in [1.54, 1.807) is 0 Å². The van der Waals surface area contributed by atoms with Crippen molar-refractivity contribution >= 4 is 5.97 Å². The monoisotopic (exact) mass is 220 g/mol. The quantitative estimate of drug-likeness (QED) is 0.776. The summed E-state index contributed by atoms with van der Waals surface area (Å²) in [4.78, 5) is 10.7. The average Bonchev–Trinajstić information content (AvgIpc) is 2.20. The van der Waals surface area contributed by atoms with Crippen molar-refractivity contribution < 1.29 is 14.6 Å². The first-order valence-corrected chi connectivity index (χ1v) is 5.16. The van der Waals surface area contributed by atoms with Crippen molar-refractivity contribution in [3.05, 3.63) is 42.0 Å². The Labute approximate surface area is 95.4 Å². The van der Waals surface area contributed by atoms with Crippen molar-refractivity contribution in [2.45, 2.75) is 26.4 Å². The van der Waals surface area contributed by atoms with E-state index in [0.29, 0.717) is 6.42 Å². The molecule has 1 aromatic carbocycles. The van der Waals surface area contributed by atoms with Gasteiger partial charge in [0.25, 0.3) is 0 Å². The predicted molar refractivity (Wildman–Crippen MR) is 62.7 cm³/mol. The highest BCUT2D eigenvalue weighted by Gasteiger charge is 2.10. The second kappa shape index (κ2) is 5.35. The van der Waals surface area contributed by atoms with E-state index in [1.165, 1.54) is 0 Å². The summed E-state index contributed by atoms with van der Waals surface area (Å²) in [7, 11) is 0. The van der Waals surface area contributed by atoms with Crippen molar-refractivity contribution in [1.29, 1.82) is 0 Å². The van der Waals surface area contributed by atoms with Crippen molar-refractivity contribution in [2.75, 3.05) is 0 Å². The SMILES string of the molecule is C=C(Cc1ccccc1OC(C)C)C(=O)O. The first kappa shape index (κ1) is 12.3. The third kappa shape index (κ3) is 3.42. The molecule has 0 bridgehead atoms. The molecule has 0 spiro atoms. The van der Waals surface area contributed by atoms with Crippen LogP contribution in [0.3, 0.4) is 0 Å². The fraction of sp³-hybridized carbons (Fsp3) is 0.308. The summed E-state index contributed by atoms with van der Waals surface area (Å²) >= 11 is 0. The molecule has 0 atom stereocenters. The zero-order chi connectivity index (χ0) is 12.1. The van der Waals surface area contributed by atoms with Crippen LogP contribution >= 0.6 is 0 Å². The Balaban J connectivity index is 2.86. The van der Waals surface area contributed by atoms with Gasteiger partial charge < -0.3 is 9.84 Å². The van der Waals surface area contributed by atoms with Gasteiger partial charge in [-0.15, -0.1) is 0 Å². The van der Waals surface area contributed by atoms with Gasteiger partial charge in [0, 0.05) is 12.0 Å². The number of rotatable bonds is 5. The van der Waals surface area contributed by atoms with E-state index in [-0.39, 0.29) is 11.7 Å². The molecule has 0 aromatic heterocycles. The number of hydrogen-bond donors (Lipinski definition) is 1. The number of benzene rings is 1. The third-order valence-electron chi connectivity index (χ3n) is 2.04. The van der Waals surface area contributed by atoms with Crippen LogP contribution < -0.4 is 4.74 Å². The molecule has 0 aliphatic heterocycles. The zero-order valence-electron chi connectivity index (χ0n) is 9.56. The summed E-state index contributed by atoms with van der Waals surface area (Å²) in [5.41, 5.74) is 1.02. The van der Waals surface area contributed by atoms with E-state index in [1.807, 2.05) is 38.1 Å². The van der Waals surface area contributed by atoms with Crippen molar-refractivity contribution in [2.24, 2.45) is 0 Å². The topological polar surface area (TPSA) is 46.5 Å². The molecule has 0 heterocycles. The highest BCUT2D eigenvalue weighted by molar-refractivity contribution is 5.86. The van der Waals surface area contributed by atoms with Crippen molar-refractivity contribution in [3.8, 4) is 5.75 Å². The van der Waals surface area contributed by atoms with Crippen LogP contribution in [0.1, 0.15) is 19.4 Å². The van der Waals surface area contributed by atoms with Crippen LogP contribution in [-0.4, -0.2) is 17.2 Å². The second-order valence-corrected chi connectivity index (χ2v) is 3.86. The lowest BCUT2D eigenvalue weighted by atomic mass is 10.1. The Morgan fingerprint density at radius 3 is 2.62 bits per heavy atom. The van der Waals surface area contributed by atoms with E-state index < -0.39 is 5.97 Å². The van der Waals surface area contributed by atoms with E-state index in [0.717, 1.165) is 11.3 Å². The van der Waals surface area contributed by atoms with Crippen molar-refractivity contribution in [1.82, 2.24) is 0 Å². The predicted octanol–water partition coefficient (Wildman–Crippen LogP) is 2.66. The minimum Gasteiger partial charge on any atom is -0.491 e. The third-order valence-corrected chi connectivity index (χ3v) is 2.04. The molecule has 0 aliphatic rings. The minimum atomic E-state index is -0.973. The number of carbonyl (C=O) groups is 1. The number of aliphatic carboxylic acids is 1. The van der Waals surface area contributed by atoms with Gasteiger partial charge in [0.1, 0.15) is 5.75 Å². The molecule has 1 N–H and O–H groups in total. The molecule has 3 nitrogen and oxygen atoms in total. The number of hydrogen-bond acceptors (Lipinski definition) is 2. The first-order valence-electron chi connectivity index (χ1n) is 5.16. The minimum absolute atomic E-state index is 0.0687. The maximum atomic E-state index is 10.7. The van der Waals surface area contributed by atoms with E-state index in [9.17, 15) is 4.79 Å². The number of ether oxygens (including phenoxy) is 1. The maximum Gasteiger partial charge on any atom is 0.331 e. The Bertz CT molecular complexity index is 394. The van der Waals surface area contributed by atoms with Crippen LogP contribution in [-0.2, 0) is 11.2 Å². The molecule has 86 valence electrons. The normalized spacial score (nSPS) is 10.2. The van der Waals surface area contributed by atoms with Gasteiger partial charge in [-0.3, -0.25) is 0 Å². The molecule has 0 saturated carbocycles. The molecular formula is C13H16O3. The van der Waals surface area contributed by atoms with Crippen LogP contribution in [0.4, 0.5) is 0 Å². The van der Waals surface area contributed by atoms with Gasteiger partial charge in [0.15, 0.2) is 0 Å². The Hall–Kier alpha value is -1.77. The Morgan fingerprint density at radius 1 is 1.44 bits per heavy atom. The van der Waals surface area contributed by atoms with Crippen LogP contribution in [0.15, 0.2) is 36.4 Å². The number of carboxylic acids is 1. The molecule has 0 radical (unpaired) electrons. The number of carboxylic acid groups (broad SMARTS) is 1. The first-order chi connectivity index (χ1) is 7.50. The second-order valence-electron chi connectivity index (χ2n) is 3.86. The summed E-state index contributed by atoms with van der Waals surface area (Å²) in [6.45, 7) is 7.38. The van der Waals surface area contributed by atoms with E-state index >= 15 is 0 Å². The highest BCUT2D eigenvalue weighted by Crippen LogP contribution is 2.21. The smallest absolute Gasteiger partial charge is 0.331 e. The molecule has 1 rings (SSSR count). The number of para-hydroxylation sites is 1. The average molecular weight is 220 g/mol. The molecule has 0 aliphatic carbocycles.